The van der Waals surface area contributed by atoms with Gasteiger partial charge in [-0.2, -0.15) is 0 Å². The largest absolute Gasteiger partial charge is 0.389 e. The van der Waals surface area contributed by atoms with E-state index in [1.165, 1.54) is 12.8 Å². The van der Waals surface area contributed by atoms with Crippen molar-refractivity contribution >= 4 is 0 Å². The van der Waals surface area contributed by atoms with Crippen LogP contribution in [0, 0.1) is 11.3 Å². The van der Waals surface area contributed by atoms with E-state index in [9.17, 15) is 5.11 Å². The molecule has 0 heterocycles. The Kier molecular flexibility index (Phi) is 6.78. The molecule has 1 aliphatic carbocycles. The number of hydrogen-bond donors (Lipinski definition) is 2. The number of ether oxygens (including phenoxy) is 1. The fraction of sp³-hybridized carbons (Fsp3) is 1.00. The third-order valence-corrected chi connectivity index (χ3v) is 4.37. The molecule has 0 spiro atoms. The molecule has 2 N–H and O–H groups in total. The zero-order valence-electron chi connectivity index (χ0n) is 13.4. The number of aliphatic hydroxyl groups excluding tert-OH is 1. The quantitative estimate of drug-likeness (QED) is 0.780. The van der Waals surface area contributed by atoms with Gasteiger partial charge in [-0.3, -0.25) is 0 Å². The first kappa shape index (κ1) is 16.9. The van der Waals surface area contributed by atoms with E-state index < -0.39 is 6.10 Å². The SMILES string of the molecule is CC1CCCC(OCC(O)CNC(C)C(C)(C)C)C1. The minimum absolute atomic E-state index is 0.222. The van der Waals surface area contributed by atoms with Crippen LogP contribution >= 0.6 is 0 Å². The summed E-state index contributed by atoms with van der Waals surface area (Å²) in [7, 11) is 0. The lowest BCUT2D eigenvalue weighted by Gasteiger charge is -2.30. The summed E-state index contributed by atoms with van der Waals surface area (Å²) in [5.41, 5.74) is 0.222. The predicted molar refractivity (Wildman–Crippen MR) is 80.3 cm³/mol. The van der Waals surface area contributed by atoms with E-state index in [1.54, 1.807) is 0 Å². The van der Waals surface area contributed by atoms with Crippen LogP contribution in [0.4, 0.5) is 0 Å². The average molecular weight is 271 g/mol. The van der Waals surface area contributed by atoms with Gasteiger partial charge >= 0.3 is 0 Å². The molecule has 3 heteroatoms. The lowest BCUT2D eigenvalue weighted by molar-refractivity contribution is -0.0317. The van der Waals surface area contributed by atoms with Gasteiger partial charge in [0.15, 0.2) is 0 Å². The van der Waals surface area contributed by atoms with Crippen LogP contribution in [0.2, 0.25) is 0 Å². The minimum atomic E-state index is -0.401. The van der Waals surface area contributed by atoms with Gasteiger partial charge in [0.1, 0.15) is 0 Å². The van der Waals surface area contributed by atoms with Crippen molar-refractivity contribution in [3.8, 4) is 0 Å². The molecule has 0 aliphatic heterocycles. The summed E-state index contributed by atoms with van der Waals surface area (Å²) < 4.78 is 5.84. The summed E-state index contributed by atoms with van der Waals surface area (Å²) in [6.45, 7) is 12.1. The van der Waals surface area contributed by atoms with Crippen LogP contribution in [0.5, 0.6) is 0 Å². The van der Waals surface area contributed by atoms with Crippen molar-refractivity contribution < 1.29 is 9.84 Å². The standard InChI is InChI=1S/C16H33NO2/c1-12-7-6-8-15(9-12)19-11-14(18)10-17-13(2)16(3,4)5/h12-15,17-18H,6-11H2,1-5H3. The molecule has 0 radical (unpaired) electrons. The van der Waals surface area contributed by atoms with Gasteiger partial charge in [-0.25, -0.2) is 0 Å². The first-order chi connectivity index (χ1) is 8.79. The maximum atomic E-state index is 9.97. The molecule has 4 atom stereocenters. The third-order valence-electron chi connectivity index (χ3n) is 4.37. The van der Waals surface area contributed by atoms with E-state index in [4.69, 9.17) is 4.74 Å². The Morgan fingerprint density at radius 1 is 1.32 bits per heavy atom. The van der Waals surface area contributed by atoms with Crippen LogP contribution in [-0.4, -0.2) is 36.5 Å². The first-order valence-electron chi connectivity index (χ1n) is 7.82. The number of rotatable bonds is 6. The highest BCUT2D eigenvalue weighted by Crippen LogP contribution is 2.25. The van der Waals surface area contributed by atoms with Crippen LogP contribution in [0.25, 0.3) is 0 Å². The summed E-state index contributed by atoms with van der Waals surface area (Å²) in [5.74, 6) is 0.773. The Morgan fingerprint density at radius 2 is 2.00 bits per heavy atom. The smallest absolute Gasteiger partial charge is 0.0897 e. The van der Waals surface area contributed by atoms with Gasteiger partial charge in [0.25, 0.3) is 0 Å². The molecule has 0 aromatic heterocycles. The Bertz CT molecular complexity index is 250. The minimum Gasteiger partial charge on any atom is -0.389 e. The van der Waals surface area contributed by atoms with Gasteiger partial charge in [-0.05, 0) is 31.1 Å². The fourth-order valence-electron chi connectivity index (χ4n) is 2.45. The van der Waals surface area contributed by atoms with Crippen molar-refractivity contribution in [2.45, 2.75) is 78.6 Å². The number of aliphatic hydroxyl groups is 1. The van der Waals surface area contributed by atoms with E-state index in [-0.39, 0.29) is 5.41 Å². The van der Waals surface area contributed by atoms with E-state index in [1.807, 2.05) is 0 Å². The summed E-state index contributed by atoms with van der Waals surface area (Å²) in [6, 6.07) is 0.386. The zero-order valence-corrected chi connectivity index (χ0v) is 13.4. The molecule has 4 unspecified atom stereocenters. The molecule has 1 aliphatic rings. The van der Waals surface area contributed by atoms with E-state index in [0.29, 0.717) is 25.3 Å². The van der Waals surface area contributed by atoms with E-state index >= 15 is 0 Å². The van der Waals surface area contributed by atoms with Crippen LogP contribution in [-0.2, 0) is 4.74 Å². The fourth-order valence-corrected chi connectivity index (χ4v) is 2.45. The van der Waals surface area contributed by atoms with Gasteiger partial charge in [0.2, 0.25) is 0 Å². The average Bonchev–Trinajstić information content (AvgIpc) is 2.32. The van der Waals surface area contributed by atoms with Crippen molar-refractivity contribution in [3.05, 3.63) is 0 Å². The molecule has 0 amide bonds. The van der Waals surface area contributed by atoms with Gasteiger partial charge in [-0.15, -0.1) is 0 Å². The summed E-state index contributed by atoms with van der Waals surface area (Å²) in [4.78, 5) is 0. The van der Waals surface area contributed by atoms with Crippen molar-refractivity contribution in [1.82, 2.24) is 5.32 Å². The highest BCUT2D eigenvalue weighted by Gasteiger charge is 2.22. The molecule has 0 saturated heterocycles. The topological polar surface area (TPSA) is 41.5 Å². The van der Waals surface area contributed by atoms with E-state index in [2.05, 4.69) is 39.9 Å². The van der Waals surface area contributed by atoms with Crippen LogP contribution in [0.3, 0.4) is 0 Å². The Balaban J connectivity index is 2.15. The second kappa shape index (κ2) is 7.61. The third kappa shape index (κ3) is 6.73. The van der Waals surface area contributed by atoms with Crippen molar-refractivity contribution in [2.75, 3.05) is 13.2 Å². The van der Waals surface area contributed by atoms with E-state index in [0.717, 1.165) is 18.8 Å². The molecular formula is C16H33NO2. The second-order valence-electron chi connectivity index (χ2n) is 7.38. The van der Waals surface area contributed by atoms with Crippen LogP contribution in [0.15, 0.2) is 0 Å². The highest BCUT2D eigenvalue weighted by molar-refractivity contribution is 4.77. The monoisotopic (exact) mass is 271 g/mol. The molecular weight excluding hydrogens is 238 g/mol. The summed E-state index contributed by atoms with van der Waals surface area (Å²) in [5, 5.41) is 13.4. The van der Waals surface area contributed by atoms with Crippen molar-refractivity contribution in [3.63, 3.8) is 0 Å². The lowest BCUT2D eigenvalue weighted by atomic mass is 9.88. The highest BCUT2D eigenvalue weighted by atomic mass is 16.5. The summed E-state index contributed by atoms with van der Waals surface area (Å²) in [6.07, 6.45) is 4.86. The molecule has 19 heavy (non-hydrogen) atoms. The molecule has 1 rings (SSSR count). The first-order valence-corrected chi connectivity index (χ1v) is 7.82. The van der Waals surface area contributed by atoms with Crippen LogP contribution in [0.1, 0.15) is 60.3 Å². The maximum Gasteiger partial charge on any atom is 0.0897 e. The lowest BCUT2D eigenvalue weighted by Crippen LogP contribution is -2.43. The van der Waals surface area contributed by atoms with Gasteiger partial charge in [0, 0.05) is 12.6 Å². The Morgan fingerprint density at radius 3 is 2.58 bits per heavy atom. The summed E-state index contributed by atoms with van der Waals surface area (Å²) >= 11 is 0. The molecule has 3 nitrogen and oxygen atoms in total. The number of hydrogen-bond acceptors (Lipinski definition) is 3. The zero-order chi connectivity index (χ0) is 14.5. The van der Waals surface area contributed by atoms with Gasteiger partial charge < -0.3 is 15.2 Å². The van der Waals surface area contributed by atoms with Crippen molar-refractivity contribution in [1.29, 1.82) is 0 Å². The maximum absolute atomic E-state index is 9.97. The van der Waals surface area contributed by atoms with Crippen LogP contribution < -0.4 is 5.32 Å². The van der Waals surface area contributed by atoms with Crippen molar-refractivity contribution in [2.24, 2.45) is 11.3 Å². The molecule has 114 valence electrons. The van der Waals surface area contributed by atoms with Gasteiger partial charge in [-0.1, -0.05) is 40.5 Å². The second-order valence-corrected chi connectivity index (χ2v) is 7.38. The Hall–Kier alpha value is -0.120. The molecule has 1 saturated carbocycles. The predicted octanol–water partition coefficient (Wildman–Crippen LogP) is 2.97. The molecule has 0 aromatic rings. The Labute approximate surface area is 119 Å². The molecule has 1 fully saturated rings. The molecule has 0 aromatic carbocycles. The number of nitrogens with one attached hydrogen (secondary N) is 1. The van der Waals surface area contributed by atoms with Gasteiger partial charge in [0.05, 0.1) is 18.8 Å². The normalized spacial score (nSPS) is 28.1. The molecule has 0 bridgehead atoms.